The highest BCUT2D eigenvalue weighted by molar-refractivity contribution is 7.97. The van der Waals surface area contributed by atoms with Gasteiger partial charge in [-0.1, -0.05) is 6.58 Å². The van der Waals surface area contributed by atoms with Crippen LogP contribution >= 0.6 is 12.0 Å². The van der Waals surface area contributed by atoms with Gasteiger partial charge in [-0.15, -0.1) is 0 Å². The van der Waals surface area contributed by atoms with Crippen LogP contribution < -0.4 is 0 Å². The van der Waals surface area contributed by atoms with Gasteiger partial charge in [0, 0.05) is 12.0 Å². The summed E-state index contributed by atoms with van der Waals surface area (Å²) in [5.41, 5.74) is 0. The molecule has 0 aromatic rings. The van der Waals surface area contributed by atoms with Gasteiger partial charge in [0.25, 0.3) is 0 Å². The molecule has 0 aromatic heterocycles. The zero-order chi connectivity index (χ0) is 4.83. The molecule has 0 fully saturated rings. The van der Waals surface area contributed by atoms with Crippen LogP contribution in [0.1, 0.15) is 6.92 Å². The zero-order valence-corrected chi connectivity index (χ0v) is 4.62. The molecule has 2 heteroatoms. The molecule has 0 bridgehead atoms. The van der Waals surface area contributed by atoms with Crippen LogP contribution in [0, 0.1) is 0 Å². The number of rotatable bonds is 3. The lowest BCUT2D eigenvalue weighted by Gasteiger charge is -1.85. The van der Waals surface area contributed by atoms with Gasteiger partial charge in [-0.3, -0.25) is 0 Å². The van der Waals surface area contributed by atoms with Crippen molar-refractivity contribution in [2.24, 2.45) is 0 Å². The van der Waals surface area contributed by atoms with Crippen LogP contribution in [0.15, 0.2) is 12.0 Å². The average molecular weight is 104 g/mol. The minimum atomic E-state index is 0.747. The summed E-state index contributed by atoms with van der Waals surface area (Å²) in [4.78, 5) is 0. The molecule has 0 saturated carbocycles. The maximum absolute atomic E-state index is 4.78. The normalized spacial score (nSPS) is 8.17. The van der Waals surface area contributed by atoms with Crippen LogP contribution in [-0.4, -0.2) is 6.61 Å². The molecule has 0 spiro atoms. The van der Waals surface area contributed by atoms with Crippen molar-refractivity contribution in [3.05, 3.63) is 12.0 Å². The van der Waals surface area contributed by atoms with Crippen LogP contribution in [0.5, 0.6) is 0 Å². The van der Waals surface area contributed by atoms with Crippen molar-refractivity contribution >= 4 is 12.0 Å². The first-order valence-corrected chi connectivity index (χ1v) is 2.61. The van der Waals surface area contributed by atoms with Gasteiger partial charge in [0.2, 0.25) is 0 Å². The second-order valence-corrected chi connectivity index (χ2v) is 1.43. The third-order valence-corrected chi connectivity index (χ3v) is 0.762. The van der Waals surface area contributed by atoms with E-state index in [9.17, 15) is 0 Å². The Balaban J connectivity index is 2.49. The van der Waals surface area contributed by atoms with E-state index in [1.165, 1.54) is 12.0 Å². The van der Waals surface area contributed by atoms with Crippen LogP contribution in [0.3, 0.4) is 0 Å². The minimum Gasteiger partial charge on any atom is -0.311 e. The van der Waals surface area contributed by atoms with Crippen LogP contribution in [0.4, 0.5) is 0 Å². The number of hydrogen-bond acceptors (Lipinski definition) is 2. The van der Waals surface area contributed by atoms with Crippen molar-refractivity contribution in [2.45, 2.75) is 6.92 Å². The molecule has 0 aromatic carbocycles. The van der Waals surface area contributed by atoms with E-state index in [-0.39, 0.29) is 0 Å². The highest BCUT2D eigenvalue weighted by atomic mass is 32.2. The lowest BCUT2D eigenvalue weighted by molar-refractivity contribution is 0.405. The first kappa shape index (κ1) is 6.05. The van der Waals surface area contributed by atoms with E-state index in [4.69, 9.17) is 4.18 Å². The first-order valence-electron chi connectivity index (χ1n) is 1.81. The van der Waals surface area contributed by atoms with Crippen molar-refractivity contribution in [1.82, 2.24) is 0 Å². The predicted molar refractivity (Wildman–Crippen MR) is 29.4 cm³/mol. The maximum Gasteiger partial charge on any atom is 0.0590 e. The van der Waals surface area contributed by atoms with Gasteiger partial charge < -0.3 is 4.18 Å². The second kappa shape index (κ2) is 5.05. The third kappa shape index (κ3) is 4.05. The van der Waals surface area contributed by atoms with E-state index in [2.05, 4.69) is 6.58 Å². The molecule has 1 nitrogen and oxygen atoms in total. The molecular weight excluding hydrogens is 96.1 g/mol. The van der Waals surface area contributed by atoms with E-state index in [1.54, 1.807) is 5.41 Å². The van der Waals surface area contributed by atoms with Gasteiger partial charge in [-0.05, 0) is 12.3 Å². The van der Waals surface area contributed by atoms with Crippen molar-refractivity contribution in [3.63, 3.8) is 0 Å². The van der Waals surface area contributed by atoms with Crippen LogP contribution in [-0.2, 0) is 4.18 Å². The van der Waals surface area contributed by atoms with Crippen molar-refractivity contribution in [1.29, 1.82) is 0 Å². The summed E-state index contributed by atoms with van der Waals surface area (Å²) in [7, 11) is 0. The quantitative estimate of drug-likeness (QED) is 0.399. The molecule has 0 aliphatic heterocycles. The molecular formula is C4H8OS. The van der Waals surface area contributed by atoms with E-state index >= 15 is 0 Å². The number of hydrogen-bond donors (Lipinski definition) is 0. The second-order valence-electron chi connectivity index (χ2n) is 0.669. The predicted octanol–water partition coefficient (Wildman–Crippen LogP) is 1.81. The SMILES string of the molecule is C=CSOCC. The molecule has 0 radical (unpaired) electrons. The summed E-state index contributed by atoms with van der Waals surface area (Å²) >= 11 is 1.27. The molecule has 0 N–H and O–H groups in total. The summed E-state index contributed by atoms with van der Waals surface area (Å²) < 4.78 is 4.78. The zero-order valence-electron chi connectivity index (χ0n) is 3.81. The van der Waals surface area contributed by atoms with Gasteiger partial charge in [0.1, 0.15) is 0 Å². The Morgan fingerprint density at radius 2 is 2.67 bits per heavy atom. The highest BCUT2D eigenvalue weighted by Crippen LogP contribution is 1.99. The van der Waals surface area contributed by atoms with E-state index in [0.29, 0.717) is 0 Å². The molecule has 0 saturated heterocycles. The summed E-state index contributed by atoms with van der Waals surface area (Å²) in [6.07, 6.45) is 0. The lowest BCUT2D eigenvalue weighted by Crippen LogP contribution is -1.70. The highest BCUT2D eigenvalue weighted by Gasteiger charge is 1.69. The lowest BCUT2D eigenvalue weighted by atomic mass is 10.9. The van der Waals surface area contributed by atoms with Crippen molar-refractivity contribution < 1.29 is 4.18 Å². The van der Waals surface area contributed by atoms with Crippen molar-refractivity contribution in [2.75, 3.05) is 6.61 Å². The fourth-order valence-electron chi connectivity index (χ4n) is 0.116. The Labute approximate surface area is 42.6 Å². The van der Waals surface area contributed by atoms with Gasteiger partial charge in [0.05, 0.1) is 6.61 Å². The Morgan fingerprint density at radius 1 is 2.00 bits per heavy atom. The Kier molecular flexibility index (Phi) is 5.09. The molecule has 0 heterocycles. The molecule has 36 valence electrons. The van der Waals surface area contributed by atoms with Gasteiger partial charge in [-0.2, -0.15) is 0 Å². The fraction of sp³-hybridized carbons (Fsp3) is 0.500. The van der Waals surface area contributed by atoms with Crippen LogP contribution in [0.2, 0.25) is 0 Å². The monoisotopic (exact) mass is 104 g/mol. The Morgan fingerprint density at radius 3 is 2.83 bits per heavy atom. The minimum absolute atomic E-state index is 0.747. The molecule has 0 amide bonds. The Hall–Kier alpha value is 0.0500. The summed E-state index contributed by atoms with van der Waals surface area (Å²) in [6, 6.07) is 0. The first-order chi connectivity index (χ1) is 2.91. The largest absolute Gasteiger partial charge is 0.311 e. The van der Waals surface area contributed by atoms with Gasteiger partial charge in [-0.25, -0.2) is 0 Å². The average Bonchev–Trinajstić information content (AvgIpc) is 1.61. The third-order valence-electron chi connectivity index (χ3n) is 0.254. The van der Waals surface area contributed by atoms with Crippen LogP contribution in [0.25, 0.3) is 0 Å². The molecule has 0 aliphatic rings. The summed E-state index contributed by atoms with van der Waals surface area (Å²) in [6.45, 7) is 6.12. The van der Waals surface area contributed by atoms with Gasteiger partial charge >= 0.3 is 0 Å². The van der Waals surface area contributed by atoms with E-state index in [1.807, 2.05) is 6.92 Å². The fourth-order valence-corrected chi connectivity index (χ4v) is 0.348. The smallest absolute Gasteiger partial charge is 0.0590 e. The van der Waals surface area contributed by atoms with Crippen molar-refractivity contribution in [3.8, 4) is 0 Å². The summed E-state index contributed by atoms with van der Waals surface area (Å²) in [5, 5.41) is 1.66. The molecule has 0 atom stereocenters. The topological polar surface area (TPSA) is 9.23 Å². The van der Waals surface area contributed by atoms with E-state index < -0.39 is 0 Å². The standard InChI is InChI=1S/C4H8OS/c1-3-5-6-4-2/h4H,2-3H2,1H3. The molecule has 0 rings (SSSR count). The Bertz CT molecular complexity index is 36.5. The molecule has 6 heavy (non-hydrogen) atoms. The molecule has 0 aliphatic carbocycles. The van der Waals surface area contributed by atoms with E-state index in [0.717, 1.165) is 6.61 Å². The summed E-state index contributed by atoms with van der Waals surface area (Å²) in [5.74, 6) is 0. The van der Waals surface area contributed by atoms with Gasteiger partial charge in [0.15, 0.2) is 0 Å². The molecule has 0 unspecified atom stereocenters. The maximum atomic E-state index is 4.78.